The first kappa shape index (κ1) is 15.1. The number of benzene rings is 1. The molecule has 0 saturated heterocycles. The highest BCUT2D eigenvalue weighted by Crippen LogP contribution is 2.29. The van der Waals surface area contributed by atoms with Crippen LogP contribution in [0.2, 0.25) is 5.02 Å². The number of sulfonamides is 1. The lowest BCUT2D eigenvalue weighted by Crippen LogP contribution is -2.18. The molecule has 0 aliphatic carbocycles. The molecule has 20 heavy (non-hydrogen) atoms. The average Bonchev–Trinajstić information content (AvgIpc) is 2.64. The van der Waals surface area contributed by atoms with Crippen molar-refractivity contribution in [1.29, 1.82) is 0 Å². The molecule has 2 aromatic rings. The maximum atomic E-state index is 13.6. The molecule has 6 nitrogen and oxygen atoms in total. The summed E-state index contributed by atoms with van der Waals surface area (Å²) in [6, 6.07) is 1.30. The monoisotopic (exact) mass is 386 g/mol. The van der Waals surface area contributed by atoms with Crippen LogP contribution in [-0.2, 0) is 17.1 Å². The van der Waals surface area contributed by atoms with Crippen LogP contribution in [0.25, 0.3) is 0 Å². The minimum absolute atomic E-state index is 0.0499. The Balaban J connectivity index is 2.50. The minimum atomic E-state index is -4.19. The van der Waals surface area contributed by atoms with Crippen LogP contribution < -0.4 is 4.72 Å². The maximum absolute atomic E-state index is 13.6. The highest BCUT2D eigenvalue weighted by molar-refractivity contribution is 9.10. The number of aromatic nitrogens is 3. The molecular weight excluding hydrogens is 382 g/mol. The van der Waals surface area contributed by atoms with Crippen LogP contribution in [0.4, 0.5) is 14.5 Å². The van der Waals surface area contributed by atoms with E-state index in [-0.39, 0.29) is 9.63 Å². The fraction of sp³-hybridized carbons (Fsp3) is 0.111. The molecule has 0 spiro atoms. The van der Waals surface area contributed by atoms with Crippen molar-refractivity contribution >= 4 is 43.2 Å². The molecule has 1 aromatic carbocycles. The molecule has 1 N–H and O–H groups in total. The van der Waals surface area contributed by atoms with Gasteiger partial charge < -0.3 is 0 Å². The van der Waals surface area contributed by atoms with E-state index in [1.165, 1.54) is 7.05 Å². The number of nitrogens with one attached hydrogen (secondary N) is 1. The zero-order valence-corrected chi connectivity index (χ0v) is 12.9. The van der Waals surface area contributed by atoms with Crippen LogP contribution in [0.15, 0.2) is 21.8 Å². The largest absolute Gasteiger partial charge is 0.282 e. The summed E-state index contributed by atoms with van der Waals surface area (Å²) >= 11 is 8.54. The summed E-state index contributed by atoms with van der Waals surface area (Å²) in [7, 11) is -2.85. The van der Waals surface area contributed by atoms with E-state index in [1.807, 2.05) is 4.72 Å². The highest BCUT2D eigenvalue weighted by Gasteiger charge is 2.26. The van der Waals surface area contributed by atoms with Gasteiger partial charge in [0.1, 0.15) is 11.5 Å². The smallest absolute Gasteiger partial charge is 0.274 e. The van der Waals surface area contributed by atoms with E-state index in [0.29, 0.717) is 6.07 Å². The predicted molar refractivity (Wildman–Crippen MR) is 70.9 cm³/mol. The van der Waals surface area contributed by atoms with Crippen molar-refractivity contribution in [3.05, 3.63) is 33.4 Å². The molecule has 108 valence electrons. The summed E-state index contributed by atoms with van der Waals surface area (Å²) in [5, 5.41) is 6.28. The van der Waals surface area contributed by atoms with Crippen LogP contribution in [0.1, 0.15) is 0 Å². The molecule has 11 heteroatoms. The molecule has 0 radical (unpaired) electrons. The summed E-state index contributed by atoms with van der Waals surface area (Å²) < 4.78 is 53.6. The van der Waals surface area contributed by atoms with Crippen molar-refractivity contribution in [2.75, 3.05) is 4.72 Å². The number of hydrogen-bond donors (Lipinski definition) is 1. The van der Waals surface area contributed by atoms with Gasteiger partial charge in [0.15, 0.2) is 10.4 Å². The predicted octanol–water partition coefficient (Wildman–Crippen LogP) is 2.31. The SMILES string of the molecule is Cn1nnc(Br)c1S(=O)(=O)Nc1c(F)cc(F)cc1Cl. The molecule has 2 rings (SSSR count). The number of anilines is 1. The summed E-state index contributed by atoms with van der Waals surface area (Å²) in [5.41, 5.74) is -0.554. The Morgan fingerprint density at radius 2 is 2.05 bits per heavy atom. The quantitative estimate of drug-likeness (QED) is 0.877. The van der Waals surface area contributed by atoms with Crippen molar-refractivity contribution in [2.24, 2.45) is 7.05 Å². The normalized spacial score (nSPS) is 11.7. The first-order chi connectivity index (χ1) is 9.22. The molecule has 1 heterocycles. The van der Waals surface area contributed by atoms with Crippen LogP contribution in [0.3, 0.4) is 0 Å². The van der Waals surface area contributed by atoms with Gasteiger partial charge in [-0.1, -0.05) is 16.8 Å². The van der Waals surface area contributed by atoms with E-state index in [4.69, 9.17) is 11.6 Å². The summed E-state index contributed by atoms with van der Waals surface area (Å²) in [6.07, 6.45) is 0. The van der Waals surface area contributed by atoms with Crippen molar-refractivity contribution in [2.45, 2.75) is 5.03 Å². The zero-order chi connectivity index (χ0) is 15.1. The first-order valence-electron chi connectivity index (χ1n) is 4.95. The molecule has 0 atom stereocenters. The Kier molecular flexibility index (Phi) is 3.98. The molecule has 0 unspecified atom stereocenters. The molecule has 0 saturated carbocycles. The Labute approximate surface area is 125 Å². The van der Waals surface area contributed by atoms with Gasteiger partial charge in [-0.25, -0.2) is 13.5 Å². The second-order valence-corrected chi connectivity index (χ2v) is 6.41. The molecule has 0 amide bonds. The van der Waals surface area contributed by atoms with Gasteiger partial charge in [0.05, 0.1) is 5.02 Å². The lowest BCUT2D eigenvalue weighted by atomic mass is 10.3. The van der Waals surface area contributed by atoms with E-state index < -0.39 is 32.4 Å². The van der Waals surface area contributed by atoms with E-state index in [2.05, 4.69) is 26.2 Å². The Morgan fingerprint density at radius 3 is 2.55 bits per heavy atom. The van der Waals surface area contributed by atoms with Gasteiger partial charge in [0.25, 0.3) is 10.0 Å². The maximum Gasteiger partial charge on any atom is 0.282 e. The fourth-order valence-corrected chi connectivity index (χ4v) is 3.91. The second-order valence-electron chi connectivity index (χ2n) is 3.66. The molecular formula is C9H6BrClF2N4O2S. The van der Waals surface area contributed by atoms with E-state index in [9.17, 15) is 17.2 Å². The minimum Gasteiger partial charge on any atom is -0.274 e. The van der Waals surface area contributed by atoms with Gasteiger partial charge in [0.2, 0.25) is 5.03 Å². The average molecular weight is 388 g/mol. The van der Waals surface area contributed by atoms with Crippen LogP contribution in [0.5, 0.6) is 0 Å². The highest BCUT2D eigenvalue weighted by atomic mass is 79.9. The van der Waals surface area contributed by atoms with Gasteiger partial charge in [-0.3, -0.25) is 4.72 Å². The lowest BCUT2D eigenvalue weighted by molar-refractivity contribution is 0.573. The van der Waals surface area contributed by atoms with Crippen molar-refractivity contribution in [3.8, 4) is 0 Å². The third-order valence-electron chi connectivity index (χ3n) is 2.23. The van der Waals surface area contributed by atoms with Crippen LogP contribution in [-0.4, -0.2) is 23.4 Å². The van der Waals surface area contributed by atoms with E-state index in [1.54, 1.807) is 0 Å². The Morgan fingerprint density at radius 1 is 1.40 bits per heavy atom. The number of hydrogen-bond acceptors (Lipinski definition) is 4. The fourth-order valence-electron chi connectivity index (χ4n) is 1.43. The molecule has 1 aromatic heterocycles. The number of rotatable bonds is 3. The van der Waals surface area contributed by atoms with Gasteiger partial charge >= 0.3 is 0 Å². The van der Waals surface area contributed by atoms with Gasteiger partial charge in [-0.2, -0.15) is 8.42 Å². The number of nitrogens with zero attached hydrogens (tertiary/aromatic N) is 3. The summed E-state index contributed by atoms with van der Waals surface area (Å²) in [6.45, 7) is 0. The second kappa shape index (κ2) is 5.26. The zero-order valence-electron chi connectivity index (χ0n) is 9.73. The van der Waals surface area contributed by atoms with Gasteiger partial charge in [0, 0.05) is 13.1 Å². The van der Waals surface area contributed by atoms with Crippen molar-refractivity contribution in [3.63, 3.8) is 0 Å². The van der Waals surface area contributed by atoms with Crippen molar-refractivity contribution < 1.29 is 17.2 Å². The third-order valence-corrected chi connectivity index (χ3v) is 4.77. The molecule has 0 aliphatic rings. The lowest BCUT2D eigenvalue weighted by Gasteiger charge is -2.10. The molecule has 0 bridgehead atoms. The standard InChI is InChI=1S/C9H6BrClF2N4O2S/c1-17-9(8(10)14-16-17)20(18,19)15-7-5(11)2-4(12)3-6(7)13/h2-3,15H,1H3. The number of halogens is 4. The summed E-state index contributed by atoms with van der Waals surface area (Å²) in [4.78, 5) is 0. The van der Waals surface area contributed by atoms with E-state index in [0.717, 1.165) is 10.7 Å². The van der Waals surface area contributed by atoms with Crippen molar-refractivity contribution in [1.82, 2.24) is 15.0 Å². The Hall–Kier alpha value is -1.26. The van der Waals surface area contributed by atoms with Crippen LogP contribution >= 0.6 is 27.5 Å². The van der Waals surface area contributed by atoms with Crippen LogP contribution in [0, 0.1) is 11.6 Å². The van der Waals surface area contributed by atoms with Gasteiger partial charge in [-0.15, -0.1) is 5.10 Å². The molecule has 0 fully saturated rings. The first-order valence-corrected chi connectivity index (χ1v) is 7.60. The van der Waals surface area contributed by atoms with E-state index >= 15 is 0 Å². The molecule has 0 aliphatic heterocycles. The Bertz CT molecular complexity index is 738. The topological polar surface area (TPSA) is 76.9 Å². The third kappa shape index (κ3) is 2.76. The van der Waals surface area contributed by atoms with Gasteiger partial charge in [-0.05, 0) is 22.0 Å². The summed E-state index contributed by atoms with van der Waals surface area (Å²) in [5.74, 6) is -2.05. The number of aryl methyl sites for hydroxylation is 1.